The highest BCUT2D eigenvalue weighted by molar-refractivity contribution is 7.21. The largest absolute Gasteiger partial charge is 0.330 e. The molecule has 20 heavy (non-hydrogen) atoms. The third kappa shape index (κ3) is 2.45. The summed E-state index contributed by atoms with van der Waals surface area (Å²) in [4.78, 5) is 20.5. The van der Waals surface area contributed by atoms with Gasteiger partial charge in [0, 0.05) is 10.9 Å². The molecule has 4 nitrogen and oxygen atoms in total. The summed E-state index contributed by atoms with van der Waals surface area (Å²) in [7, 11) is 0. The Bertz CT molecular complexity index is 813. The number of pyridine rings is 1. The van der Waals surface area contributed by atoms with Gasteiger partial charge < -0.3 is 5.73 Å². The van der Waals surface area contributed by atoms with Crippen LogP contribution >= 0.6 is 11.3 Å². The van der Waals surface area contributed by atoms with Crippen LogP contribution in [0.5, 0.6) is 0 Å². The zero-order chi connectivity index (χ0) is 13.9. The van der Waals surface area contributed by atoms with Gasteiger partial charge in [0.1, 0.15) is 5.01 Å². The molecular formula is C15H13N3OS. The van der Waals surface area contributed by atoms with Gasteiger partial charge in [-0.05, 0) is 42.8 Å². The molecule has 3 aromatic rings. The summed E-state index contributed by atoms with van der Waals surface area (Å²) < 4.78 is 0.925. The maximum atomic E-state index is 12.0. The van der Waals surface area contributed by atoms with E-state index < -0.39 is 0 Å². The normalized spacial score (nSPS) is 10.8. The second-order valence-electron chi connectivity index (χ2n) is 4.41. The summed E-state index contributed by atoms with van der Waals surface area (Å²) >= 11 is 1.48. The number of hydrogen-bond acceptors (Lipinski definition) is 5. The van der Waals surface area contributed by atoms with Crippen LogP contribution in [0.3, 0.4) is 0 Å². The molecule has 0 saturated heterocycles. The third-order valence-corrected chi connectivity index (χ3v) is 4.07. The number of nitrogens with two attached hydrogens (primary N) is 1. The Morgan fingerprint density at radius 2 is 2.05 bits per heavy atom. The third-order valence-electron chi connectivity index (χ3n) is 3.00. The van der Waals surface area contributed by atoms with Crippen molar-refractivity contribution in [2.75, 3.05) is 6.54 Å². The predicted molar refractivity (Wildman–Crippen MR) is 81.9 cm³/mol. The molecule has 2 N–H and O–H groups in total. The summed E-state index contributed by atoms with van der Waals surface area (Å²) in [6, 6.07) is 11.4. The molecule has 0 aliphatic carbocycles. The van der Waals surface area contributed by atoms with Crippen LogP contribution in [0.2, 0.25) is 0 Å². The monoisotopic (exact) mass is 283 g/mol. The van der Waals surface area contributed by atoms with Crippen LogP contribution < -0.4 is 11.3 Å². The fraction of sp³-hybridized carbons (Fsp3) is 0.133. The fourth-order valence-electron chi connectivity index (χ4n) is 2.03. The van der Waals surface area contributed by atoms with Gasteiger partial charge in [-0.1, -0.05) is 12.1 Å². The van der Waals surface area contributed by atoms with E-state index in [1.165, 1.54) is 11.3 Å². The Morgan fingerprint density at radius 1 is 1.20 bits per heavy atom. The molecule has 3 rings (SSSR count). The second-order valence-corrected chi connectivity index (χ2v) is 5.44. The highest BCUT2D eigenvalue weighted by Gasteiger charge is 2.08. The van der Waals surface area contributed by atoms with Gasteiger partial charge in [0.25, 0.3) is 5.56 Å². The first-order chi connectivity index (χ1) is 9.78. The fourth-order valence-corrected chi connectivity index (χ4v) is 3.00. The number of aromatic nitrogens is 2. The lowest BCUT2D eigenvalue weighted by atomic mass is 10.2. The summed E-state index contributed by atoms with van der Waals surface area (Å²) in [5, 5.41) is 1.30. The van der Waals surface area contributed by atoms with E-state index in [4.69, 9.17) is 5.73 Å². The lowest BCUT2D eigenvalue weighted by molar-refractivity contribution is 0.964. The average molecular weight is 283 g/mol. The number of hydrogen-bond donors (Lipinski definition) is 1. The first-order valence-electron chi connectivity index (χ1n) is 6.33. The van der Waals surface area contributed by atoms with Crippen molar-refractivity contribution >= 4 is 21.4 Å². The van der Waals surface area contributed by atoms with Crippen molar-refractivity contribution in [2.24, 2.45) is 5.73 Å². The lowest BCUT2D eigenvalue weighted by Crippen LogP contribution is -2.07. The minimum absolute atomic E-state index is 0.208. The van der Waals surface area contributed by atoms with Gasteiger partial charge >= 0.3 is 0 Å². The summed E-state index contributed by atoms with van der Waals surface area (Å²) in [6.07, 6.45) is 2.52. The van der Waals surface area contributed by atoms with E-state index in [9.17, 15) is 4.79 Å². The first kappa shape index (κ1) is 12.9. The molecule has 2 aromatic heterocycles. The van der Waals surface area contributed by atoms with Gasteiger partial charge in [-0.3, -0.25) is 9.78 Å². The van der Waals surface area contributed by atoms with Crippen LogP contribution in [-0.4, -0.2) is 16.5 Å². The van der Waals surface area contributed by atoms with Gasteiger partial charge in [0.15, 0.2) is 0 Å². The Hall–Kier alpha value is -2.11. The highest BCUT2D eigenvalue weighted by atomic mass is 32.1. The van der Waals surface area contributed by atoms with Crippen molar-refractivity contribution in [3.05, 3.63) is 58.5 Å². The van der Waals surface area contributed by atoms with E-state index in [2.05, 4.69) is 9.97 Å². The van der Waals surface area contributed by atoms with E-state index in [-0.39, 0.29) is 5.56 Å². The number of nitrogens with zero attached hydrogens (tertiary/aromatic N) is 2. The Labute approximate surface area is 119 Å². The molecule has 0 unspecified atom stereocenters. The summed E-state index contributed by atoms with van der Waals surface area (Å²) in [5.74, 6) is 0. The van der Waals surface area contributed by atoms with Crippen molar-refractivity contribution in [1.29, 1.82) is 0 Å². The van der Waals surface area contributed by atoms with E-state index in [0.29, 0.717) is 16.9 Å². The zero-order valence-electron chi connectivity index (χ0n) is 10.7. The van der Waals surface area contributed by atoms with E-state index >= 15 is 0 Å². The molecule has 0 aliphatic heterocycles. The molecule has 0 spiro atoms. The van der Waals surface area contributed by atoms with Crippen molar-refractivity contribution in [1.82, 2.24) is 9.97 Å². The molecule has 0 atom stereocenters. The number of rotatable bonds is 3. The van der Waals surface area contributed by atoms with Crippen LogP contribution in [0.1, 0.15) is 5.56 Å². The molecule has 100 valence electrons. The molecule has 2 heterocycles. The SMILES string of the molecule is NCCc1ccnc(-c2nc(=O)c3ccccc3s2)c1. The molecular weight excluding hydrogens is 270 g/mol. The van der Waals surface area contributed by atoms with Crippen LogP contribution in [0, 0.1) is 0 Å². The molecule has 0 bridgehead atoms. The van der Waals surface area contributed by atoms with Gasteiger partial charge in [0.2, 0.25) is 0 Å². The van der Waals surface area contributed by atoms with Crippen LogP contribution in [0.15, 0.2) is 47.4 Å². The molecule has 0 amide bonds. The molecule has 5 heteroatoms. The molecule has 1 aromatic carbocycles. The highest BCUT2D eigenvalue weighted by Crippen LogP contribution is 2.24. The zero-order valence-corrected chi connectivity index (χ0v) is 11.6. The van der Waals surface area contributed by atoms with Gasteiger partial charge in [0.05, 0.1) is 11.1 Å². The van der Waals surface area contributed by atoms with Gasteiger partial charge in [-0.15, -0.1) is 11.3 Å². The summed E-state index contributed by atoms with van der Waals surface area (Å²) in [5.41, 5.74) is 7.19. The lowest BCUT2D eigenvalue weighted by Gasteiger charge is -2.03. The first-order valence-corrected chi connectivity index (χ1v) is 7.15. The van der Waals surface area contributed by atoms with Crippen molar-refractivity contribution in [3.8, 4) is 10.7 Å². The van der Waals surface area contributed by atoms with E-state index in [1.807, 2.05) is 30.3 Å². The second kappa shape index (κ2) is 5.48. The minimum Gasteiger partial charge on any atom is -0.330 e. The molecule has 0 aliphatic rings. The predicted octanol–water partition coefficient (Wildman–Crippen LogP) is 2.22. The van der Waals surface area contributed by atoms with Crippen LogP contribution in [0.25, 0.3) is 20.8 Å². The van der Waals surface area contributed by atoms with Crippen molar-refractivity contribution < 1.29 is 0 Å². The van der Waals surface area contributed by atoms with E-state index in [0.717, 1.165) is 22.4 Å². The standard InChI is InChI=1S/C15H13N3OS/c16-7-5-10-6-8-17-12(9-10)15-18-14(19)11-3-1-2-4-13(11)20-15/h1-4,6,8-9H,5,7,16H2. The molecule has 0 radical (unpaired) electrons. The molecule has 0 saturated carbocycles. The van der Waals surface area contributed by atoms with Crippen LogP contribution in [0.4, 0.5) is 0 Å². The van der Waals surface area contributed by atoms with E-state index in [1.54, 1.807) is 12.3 Å². The smallest absolute Gasteiger partial charge is 0.279 e. The Kier molecular flexibility index (Phi) is 3.54. The van der Waals surface area contributed by atoms with Crippen molar-refractivity contribution in [2.45, 2.75) is 6.42 Å². The maximum absolute atomic E-state index is 12.0. The molecule has 0 fully saturated rings. The summed E-state index contributed by atoms with van der Waals surface area (Å²) in [6.45, 7) is 0.588. The number of benzene rings is 1. The minimum atomic E-state index is -0.208. The van der Waals surface area contributed by atoms with Crippen LogP contribution in [-0.2, 0) is 6.42 Å². The maximum Gasteiger partial charge on any atom is 0.279 e. The van der Waals surface area contributed by atoms with Gasteiger partial charge in [-0.2, -0.15) is 4.98 Å². The van der Waals surface area contributed by atoms with Gasteiger partial charge in [-0.25, -0.2) is 0 Å². The quantitative estimate of drug-likeness (QED) is 0.800. The Morgan fingerprint density at radius 3 is 2.90 bits per heavy atom. The number of fused-ring (bicyclic) bond motifs is 1. The van der Waals surface area contributed by atoms with Crippen molar-refractivity contribution in [3.63, 3.8) is 0 Å². The average Bonchev–Trinajstić information content (AvgIpc) is 2.48. The topological polar surface area (TPSA) is 68.9 Å². The Balaban J connectivity index is 2.14.